The van der Waals surface area contributed by atoms with Crippen molar-refractivity contribution in [2.45, 2.75) is 57.6 Å². The van der Waals surface area contributed by atoms with Gasteiger partial charge in [-0.25, -0.2) is 0 Å². The molecule has 0 bridgehead atoms. The summed E-state index contributed by atoms with van der Waals surface area (Å²) in [6.07, 6.45) is 5.38. The van der Waals surface area contributed by atoms with E-state index >= 15 is 0 Å². The third kappa shape index (κ3) is 4.10. The highest BCUT2D eigenvalue weighted by atomic mass is 16.5. The van der Waals surface area contributed by atoms with E-state index in [-0.39, 0.29) is 5.91 Å². The van der Waals surface area contributed by atoms with Gasteiger partial charge >= 0.3 is 0 Å². The molecular weight excluding hydrogens is 204 g/mol. The van der Waals surface area contributed by atoms with Gasteiger partial charge in [0.2, 0.25) is 5.91 Å². The molecule has 0 aliphatic carbocycles. The first kappa shape index (κ1) is 13.5. The maximum absolute atomic E-state index is 11.7. The molecule has 1 amide bonds. The van der Waals surface area contributed by atoms with E-state index in [0.717, 1.165) is 19.4 Å². The summed E-state index contributed by atoms with van der Waals surface area (Å²) in [4.78, 5) is 11.7. The van der Waals surface area contributed by atoms with Gasteiger partial charge in [0.1, 0.15) is 0 Å². The number of nitrogens with one attached hydrogen (secondary N) is 1. The molecule has 0 spiro atoms. The predicted octanol–water partition coefficient (Wildman–Crippen LogP) is 1.19. The minimum Gasteiger partial charge on any atom is -0.378 e. The van der Waals surface area contributed by atoms with Crippen molar-refractivity contribution in [1.82, 2.24) is 5.32 Å². The molecule has 1 heterocycles. The van der Waals surface area contributed by atoms with Crippen LogP contribution in [0, 0.1) is 0 Å². The van der Waals surface area contributed by atoms with Gasteiger partial charge < -0.3 is 15.8 Å². The van der Waals surface area contributed by atoms with Crippen molar-refractivity contribution in [2.24, 2.45) is 5.73 Å². The number of carbonyl (C=O) groups is 1. The summed E-state index contributed by atoms with van der Waals surface area (Å²) < 4.78 is 5.59. The molecule has 1 aliphatic rings. The minimum atomic E-state index is -0.743. The molecule has 2 atom stereocenters. The third-order valence-electron chi connectivity index (χ3n) is 3.28. The van der Waals surface area contributed by atoms with Gasteiger partial charge in [0.25, 0.3) is 0 Å². The molecule has 2 unspecified atom stereocenters. The second kappa shape index (κ2) is 6.21. The largest absolute Gasteiger partial charge is 0.378 e. The lowest BCUT2D eigenvalue weighted by Crippen LogP contribution is -2.51. The quantitative estimate of drug-likeness (QED) is 0.743. The van der Waals surface area contributed by atoms with E-state index < -0.39 is 5.54 Å². The number of amides is 1. The smallest absolute Gasteiger partial charge is 0.239 e. The van der Waals surface area contributed by atoms with Crippen molar-refractivity contribution >= 4 is 5.91 Å². The number of hydrogen-bond acceptors (Lipinski definition) is 3. The fourth-order valence-corrected chi connectivity index (χ4v) is 1.74. The maximum Gasteiger partial charge on any atom is 0.239 e. The van der Waals surface area contributed by atoms with Crippen molar-refractivity contribution in [3.8, 4) is 0 Å². The summed E-state index contributed by atoms with van der Waals surface area (Å²) in [5.74, 6) is -0.0641. The molecule has 0 aromatic carbocycles. The Bertz CT molecular complexity index is 223. The topological polar surface area (TPSA) is 64.4 Å². The van der Waals surface area contributed by atoms with E-state index in [9.17, 15) is 4.79 Å². The van der Waals surface area contributed by atoms with Crippen LogP contribution in [0.5, 0.6) is 0 Å². The van der Waals surface area contributed by atoms with Crippen LogP contribution in [0.25, 0.3) is 0 Å². The molecule has 1 fully saturated rings. The summed E-state index contributed by atoms with van der Waals surface area (Å²) in [6.45, 7) is 5.21. The van der Waals surface area contributed by atoms with Crippen LogP contribution in [0.4, 0.5) is 0 Å². The van der Waals surface area contributed by atoms with Crippen LogP contribution < -0.4 is 11.1 Å². The molecule has 94 valence electrons. The van der Waals surface area contributed by atoms with Crippen LogP contribution in [-0.4, -0.2) is 30.7 Å². The molecule has 3 N–H and O–H groups in total. The van der Waals surface area contributed by atoms with Crippen molar-refractivity contribution in [2.75, 3.05) is 13.2 Å². The zero-order valence-electron chi connectivity index (χ0n) is 10.4. The Morgan fingerprint density at radius 2 is 2.31 bits per heavy atom. The fraction of sp³-hybridized carbons (Fsp3) is 0.917. The summed E-state index contributed by atoms with van der Waals surface area (Å²) in [5.41, 5.74) is 5.09. The van der Waals surface area contributed by atoms with Crippen molar-refractivity contribution < 1.29 is 9.53 Å². The Kier molecular flexibility index (Phi) is 5.22. The Labute approximate surface area is 97.9 Å². The van der Waals surface area contributed by atoms with Gasteiger partial charge in [0.15, 0.2) is 0 Å². The van der Waals surface area contributed by atoms with Gasteiger partial charge in [-0.05, 0) is 39.0 Å². The van der Waals surface area contributed by atoms with Gasteiger partial charge in [0, 0.05) is 13.2 Å². The zero-order valence-corrected chi connectivity index (χ0v) is 10.4. The van der Waals surface area contributed by atoms with E-state index in [1.807, 2.05) is 6.92 Å². The van der Waals surface area contributed by atoms with Crippen molar-refractivity contribution in [3.63, 3.8) is 0 Å². The Hall–Kier alpha value is -0.610. The van der Waals surface area contributed by atoms with E-state index in [1.165, 1.54) is 12.8 Å². The van der Waals surface area contributed by atoms with Gasteiger partial charge in [-0.1, -0.05) is 6.92 Å². The normalized spacial score (nSPS) is 24.8. The molecule has 0 aromatic rings. The number of carbonyl (C=O) groups excluding carboxylic acids is 1. The van der Waals surface area contributed by atoms with Crippen LogP contribution >= 0.6 is 0 Å². The Morgan fingerprint density at radius 1 is 1.56 bits per heavy atom. The monoisotopic (exact) mass is 228 g/mol. The van der Waals surface area contributed by atoms with Gasteiger partial charge in [-0.15, -0.1) is 0 Å². The molecule has 1 aliphatic heterocycles. The third-order valence-corrected chi connectivity index (χ3v) is 3.28. The second-order valence-electron chi connectivity index (χ2n) is 4.80. The average molecular weight is 228 g/mol. The van der Waals surface area contributed by atoms with Gasteiger partial charge in [0.05, 0.1) is 11.6 Å². The van der Waals surface area contributed by atoms with E-state index in [0.29, 0.717) is 19.1 Å². The number of ether oxygens (including phenoxy) is 1. The van der Waals surface area contributed by atoms with E-state index in [2.05, 4.69) is 5.32 Å². The van der Waals surface area contributed by atoms with E-state index in [4.69, 9.17) is 10.5 Å². The molecule has 4 heteroatoms. The first-order valence-corrected chi connectivity index (χ1v) is 6.25. The van der Waals surface area contributed by atoms with Crippen LogP contribution in [0.15, 0.2) is 0 Å². The fourth-order valence-electron chi connectivity index (χ4n) is 1.74. The molecular formula is C12H24N2O2. The summed E-state index contributed by atoms with van der Waals surface area (Å²) in [7, 11) is 0. The predicted molar refractivity (Wildman–Crippen MR) is 64.1 cm³/mol. The minimum absolute atomic E-state index is 0.0641. The molecule has 0 radical (unpaired) electrons. The molecule has 0 saturated carbocycles. The molecule has 1 rings (SSSR count). The average Bonchev–Trinajstić information content (AvgIpc) is 2.30. The van der Waals surface area contributed by atoms with E-state index in [1.54, 1.807) is 6.92 Å². The second-order valence-corrected chi connectivity index (χ2v) is 4.80. The van der Waals surface area contributed by atoms with Crippen LogP contribution in [0.1, 0.15) is 46.0 Å². The SMILES string of the molecule is CCC(C)(N)C(=O)NCCC1CCCCO1. The number of rotatable bonds is 5. The first-order chi connectivity index (χ1) is 7.56. The lowest BCUT2D eigenvalue weighted by Gasteiger charge is -2.24. The van der Waals surface area contributed by atoms with Gasteiger partial charge in [-0.3, -0.25) is 4.79 Å². The lowest BCUT2D eigenvalue weighted by molar-refractivity contribution is -0.126. The molecule has 1 saturated heterocycles. The summed E-state index contributed by atoms with van der Waals surface area (Å²) >= 11 is 0. The highest BCUT2D eigenvalue weighted by molar-refractivity contribution is 5.85. The Balaban J connectivity index is 2.17. The lowest BCUT2D eigenvalue weighted by atomic mass is 9.99. The van der Waals surface area contributed by atoms with Gasteiger partial charge in [-0.2, -0.15) is 0 Å². The summed E-state index contributed by atoms with van der Waals surface area (Å²) in [5, 5.41) is 2.88. The number of hydrogen-bond donors (Lipinski definition) is 2. The molecule has 4 nitrogen and oxygen atoms in total. The number of nitrogens with two attached hydrogens (primary N) is 1. The Morgan fingerprint density at radius 3 is 2.88 bits per heavy atom. The molecule has 16 heavy (non-hydrogen) atoms. The van der Waals surface area contributed by atoms with Crippen molar-refractivity contribution in [3.05, 3.63) is 0 Å². The molecule has 0 aromatic heterocycles. The summed E-state index contributed by atoms with van der Waals surface area (Å²) in [6, 6.07) is 0. The van der Waals surface area contributed by atoms with Crippen molar-refractivity contribution in [1.29, 1.82) is 0 Å². The standard InChI is InChI=1S/C12H24N2O2/c1-3-12(2,13)11(15)14-8-7-10-6-4-5-9-16-10/h10H,3-9,13H2,1-2H3,(H,14,15). The maximum atomic E-state index is 11.7. The van der Waals surface area contributed by atoms with Crippen LogP contribution in [0.3, 0.4) is 0 Å². The first-order valence-electron chi connectivity index (χ1n) is 6.25. The van der Waals surface area contributed by atoms with Crippen LogP contribution in [-0.2, 0) is 9.53 Å². The van der Waals surface area contributed by atoms with Crippen LogP contribution in [0.2, 0.25) is 0 Å². The highest BCUT2D eigenvalue weighted by Crippen LogP contribution is 2.15. The zero-order chi connectivity index (χ0) is 12.0. The highest BCUT2D eigenvalue weighted by Gasteiger charge is 2.25.